The van der Waals surface area contributed by atoms with Gasteiger partial charge in [-0.2, -0.15) is 0 Å². The first kappa shape index (κ1) is 13.5. The van der Waals surface area contributed by atoms with Crippen LogP contribution in [0, 0.1) is 13.8 Å². The number of aryl methyl sites for hydroxylation is 2. The van der Waals surface area contributed by atoms with Crippen LogP contribution in [0.25, 0.3) is 0 Å². The summed E-state index contributed by atoms with van der Waals surface area (Å²) in [4.78, 5) is 25.4. The van der Waals surface area contributed by atoms with Crippen molar-refractivity contribution in [1.29, 1.82) is 0 Å². The molecule has 0 radical (unpaired) electrons. The molecule has 0 aliphatic heterocycles. The maximum atomic E-state index is 12.1. The molecular formula is C15H15NO2S. The molecule has 3 nitrogen and oxygen atoms in total. The van der Waals surface area contributed by atoms with Crippen molar-refractivity contribution < 1.29 is 9.59 Å². The van der Waals surface area contributed by atoms with Crippen molar-refractivity contribution in [1.82, 2.24) is 0 Å². The van der Waals surface area contributed by atoms with Crippen molar-refractivity contribution in [2.45, 2.75) is 20.8 Å². The molecule has 0 saturated carbocycles. The van der Waals surface area contributed by atoms with E-state index in [1.807, 2.05) is 19.9 Å². The number of benzene rings is 1. The number of carbonyl (C=O) groups is 2. The van der Waals surface area contributed by atoms with Crippen LogP contribution in [-0.4, -0.2) is 11.7 Å². The van der Waals surface area contributed by atoms with Gasteiger partial charge in [-0.05, 0) is 51.1 Å². The first-order valence-electron chi connectivity index (χ1n) is 5.97. The molecule has 98 valence electrons. The largest absolute Gasteiger partial charge is 0.322 e. The van der Waals surface area contributed by atoms with Gasteiger partial charge in [-0.1, -0.05) is 0 Å². The Bertz CT molecular complexity index is 626. The lowest BCUT2D eigenvalue weighted by Crippen LogP contribution is -2.12. The van der Waals surface area contributed by atoms with E-state index < -0.39 is 0 Å². The van der Waals surface area contributed by atoms with Crippen LogP contribution in [0.2, 0.25) is 0 Å². The first-order valence-corrected chi connectivity index (χ1v) is 6.78. The smallest absolute Gasteiger partial charge is 0.256 e. The number of thiophene rings is 1. The van der Waals surface area contributed by atoms with Crippen LogP contribution in [-0.2, 0) is 0 Å². The number of hydrogen-bond acceptors (Lipinski definition) is 3. The van der Waals surface area contributed by atoms with Crippen molar-refractivity contribution in [3.63, 3.8) is 0 Å². The minimum absolute atomic E-state index is 0.0159. The molecular weight excluding hydrogens is 258 g/mol. The first-order chi connectivity index (χ1) is 8.97. The van der Waals surface area contributed by atoms with E-state index >= 15 is 0 Å². The topological polar surface area (TPSA) is 46.2 Å². The summed E-state index contributed by atoms with van der Waals surface area (Å²) >= 11 is 1.61. The van der Waals surface area contributed by atoms with Gasteiger partial charge in [-0.25, -0.2) is 0 Å². The van der Waals surface area contributed by atoms with E-state index in [4.69, 9.17) is 0 Å². The Balaban J connectivity index is 2.15. The summed E-state index contributed by atoms with van der Waals surface area (Å²) in [6.07, 6.45) is 0. The molecule has 1 N–H and O–H groups in total. The molecule has 2 rings (SSSR count). The van der Waals surface area contributed by atoms with Crippen molar-refractivity contribution in [2.24, 2.45) is 0 Å². The van der Waals surface area contributed by atoms with Gasteiger partial charge >= 0.3 is 0 Å². The van der Waals surface area contributed by atoms with E-state index in [0.29, 0.717) is 16.8 Å². The molecule has 19 heavy (non-hydrogen) atoms. The quantitative estimate of drug-likeness (QED) is 0.864. The number of carbonyl (C=O) groups excluding carboxylic acids is 2. The van der Waals surface area contributed by atoms with Crippen LogP contribution in [0.3, 0.4) is 0 Å². The zero-order valence-electron chi connectivity index (χ0n) is 11.1. The standard InChI is InChI=1S/C15H15NO2S/c1-9-8-14(11(3)19-9)15(18)16-13-6-4-12(5-7-13)10(2)17/h4-8H,1-3H3,(H,16,18). The molecule has 1 amide bonds. The van der Waals surface area contributed by atoms with Crippen molar-refractivity contribution in [3.05, 3.63) is 51.2 Å². The third-order valence-electron chi connectivity index (χ3n) is 2.83. The Morgan fingerprint density at radius 3 is 2.21 bits per heavy atom. The second-order valence-corrected chi connectivity index (χ2v) is 5.88. The fourth-order valence-electron chi connectivity index (χ4n) is 1.84. The van der Waals surface area contributed by atoms with E-state index in [9.17, 15) is 9.59 Å². The number of rotatable bonds is 3. The summed E-state index contributed by atoms with van der Waals surface area (Å²) in [6.45, 7) is 5.44. The maximum absolute atomic E-state index is 12.1. The van der Waals surface area contributed by atoms with Gasteiger partial charge in [0.1, 0.15) is 0 Å². The van der Waals surface area contributed by atoms with E-state index in [1.165, 1.54) is 6.92 Å². The molecule has 4 heteroatoms. The lowest BCUT2D eigenvalue weighted by atomic mass is 10.1. The molecule has 0 aliphatic rings. The fraction of sp³-hybridized carbons (Fsp3) is 0.200. The average Bonchev–Trinajstić information content (AvgIpc) is 2.69. The Morgan fingerprint density at radius 1 is 1.11 bits per heavy atom. The third-order valence-corrected chi connectivity index (χ3v) is 3.80. The lowest BCUT2D eigenvalue weighted by Gasteiger charge is -2.05. The summed E-state index contributed by atoms with van der Waals surface area (Å²) in [6, 6.07) is 8.79. The van der Waals surface area contributed by atoms with Crippen LogP contribution in [0.5, 0.6) is 0 Å². The minimum Gasteiger partial charge on any atom is -0.322 e. The van der Waals surface area contributed by atoms with Crippen molar-refractivity contribution >= 4 is 28.7 Å². The second-order valence-electron chi connectivity index (χ2n) is 4.41. The van der Waals surface area contributed by atoms with Gasteiger partial charge in [-0.3, -0.25) is 9.59 Å². The Kier molecular flexibility index (Phi) is 3.81. The molecule has 0 aliphatic carbocycles. The van der Waals surface area contributed by atoms with Gasteiger partial charge in [-0.15, -0.1) is 11.3 Å². The Hall–Kier alpha value is -1.94. The van der Waals surface area contributed by atoms with Gasteiger partial charge in [0.2, 0.25) is 0 Å². The predicted molar refractivity (Wildman–Crippen MR) is 78.2 cm³/mol. The minimum atomic E-state index is -0.113. The molecule has 0 atom stereocenters. The van der Waals surface area contributed by atoms with E-state index in [2.05, 4.69) is 5.32 Å². The van der Waals surface area contributed by atoms with Gasteiger partial charge in [0.05, 0.1) is 5.56 Å². The molecule has 0 saturated heterocycles. The number of nitrogens with one attached hydrogen (secondary N) is 1. The van der Waals surface area contributed by atoms with Crippen molar-refractivity contribution in [3.8, 4) is 0 Å². The van der Waals surface area contributed by atoms with Crippen LogP contribution in [0.4, 0.5) is 5.69 Å². The van der Waals surface area contributed by atoms with Crippen LogP contribution >= 0.6 is 11.3 Å². The summed E-state index contributed by atoms with van der Waals surface area (Å²) in [5.41, 5.74) is 2.04. The summed E-state index contributed by atoms with van der Waals surface area (Å²) in [7, 11) is 0. The normalized spacial score (nSPS) is 10.3. The number of anilines is 1. The van der Waals surface area contributed by atoms with Crippen LogP contribution in [0.15, 0.2) is 30.3 Å². The molecule has 0 bridgehead atoms. The zero-order valence-corrected chi connectivity index (χ0v) is 11.9. The van der Waals surface area contributed by atoms with Crippen LogP contribution in [0.1, 0.15) is 37.4 Å². The zero-order chi connectivity index (χ0) is 14.0. The highest BCUT2D eigenvalue weighted by Crippen LogP contribution is 2.21. The SMILES string of the molecule is CC(=O)c1ccc(NC(=O)c2cc(C)sc2C)cc1. The molecule has 0 unspecified atom stereocenters. The van der Waals surface area contributed by atoms with Gasteiger partial charge in [0, 0.05) is 21.0 Å². The van der Waals surface area contributed by atoms with Gasteiger partial charge in [0.15, 0.2) is 5.78 Å². The monoisotopic (exact) mass is 273 g/mol. The Labute approximate surface area is 116 Å². The molecule has 1 aromatic heterocycles. The summed E-state index contributed by atoms with van der Waals surface area (Å²) < 4.78 is 0. The number of hydrogen-bond donors (Lipinski definition) is 1. The number of amides is 1. The average molecular weight is 273 g/mol. The maximum Gasteiger partial charge on any atom is 0.256 e. The van der Waals surface area contributed by atoms with Crippen LogP contribution < -0.4 is 5.32 Å². The number of ketones is 1. The third kappa shape index (κ3) is 3.09. The van der Waals surface area contributed by atoms with E-state index in [1.54, 1.807) is 35.6 Å². The second kappa shape index (κ2) is 5.36. The van der Waals surface area contributed by atoms with E-state index in [-0.39, 0.29) is 11.7 Å². The highest BCUT2D eigenvalue weighted by molar-refractivity contribution is 7.12. The van der Waals surface area contributed by atoms with Gasteiger partial charge < -0.3 is 5.32 Å². The molecule has 0 spiro atoms. The highest BCUT2D eigenvalue weighted by atomic mass is 32.1. The molecule has 0 fully saturated rings. The van der Waals surface area contributed by atoms with Gasteiger partial charge in [0.25, 0.3) is 5.91 Å². The molecule has 1 aromatic carbocycles. The lowest BCUT2D eigenvalue weighted by molar-refractivity contribution is 0.101. The Morgan fingerprint density at radius 2 is 1.74 bits per heavy atom. The van der Waals surface area contributed by atoms with E-state index in [0.717, 1.165) is 9.75 Å². The predicted octanol–water partition coefficient (Wildman–Crippen LogP) is 3.82. The summed E-state index contributed by atoms with van der Waals surface area (Å²) in [5.74, 6) is -0.0976. The highest BCUT2D eigenvalue weighted by Gasteiger charge is 2.12. The molecule has 2 aromatic rings. The number of Topliss-reactive ketones (excluding diaryl/α,β-unsaturated/α-hetero) is 1. The van der Waals surface area contributed by atoms with Crippen molar-refractivity contribution in [2.75, 3.05) is 5.32 Å². The molecule has 1 heterocycles. The summed E-state index contributed by atoms with van der Waals surface area (Å²) in [5, 5.41) is 2.83. The fourth-order valence-corrected chi connectivity index (χ4v) is 2.76.